The van der Waals surface area contributed by atoms with Crippen molar-refractivity contribution < 1.29 is 4.79 Å². The minimum Gasteiger partial charge on any atom is -0.367 e. The fourth-order valence-corrected chi connectivity index (χ4v) is 3.35. The van der Waals surface area contributed by atoms with Crippen molar-refractivity contribution in [1.29, 1.82) is 0 Å². The van der Waals surface area contributed by atoms with Crippen LogP contribution in [0.3, 0.4) is 0 Å². The Morgan fingerprint density at radius 1 is 0.857 bits per heavy atom. The number of aromatic nitrogens is 2. The summed E-state index contributed by atoms with van der Waals surface area (Å²) in [5.41, 5.74) is 2.06. The molecule has 1 fully saturated rings. The summed E-state index contributed by atoms with van der Waals surface area (Å²) in [6.07, 6.45) is 4.00. The van der Waals surface area contributed by atoms with E-state index in [2.05, 4.69) is 25.1 Å². The summed E-state index contributed by atoms with van der Waals surface area (Å²) in [4.78, 5) is 25.6. The third-order valence-electron chi connectivity index (χ3n) is 4.84. The highest BCUT2D eigenvalue weighted by Crippen LogP contribution is 2.19. The van der Waals surface area contributed by atoms with Gasteiger partial charge in [0.2, 0.25) is 5.91 Å². The van der Waals surface area contributed by atoms with Gasteiger partial charge >= 0.3 is 0 Å². The topological polar surface area (TPSA) is 61.4 Å². The van der Waals surface area contributed by atoms with Crippen LogP contribution in [0.4, 0.5) is 17.3 Å². The molecule has 1 aromatic carbocycles. The summed E-state index contributed by atoms with van der Waals surface area (Å²) in [6.45, 7) is 3.68. The summed E-state index contributed by atoms with van der Waals surface area (Å²) in [7, 11) is 0. The zero-order valence-corrected chi connectivity index (χ0v) is 15.7. The molecule has 6 heteroatoms. The number of piperazine rings is 1. The van der Waals surface area contributed by atoms with Crippen molar-refractivity contribution in [3.8, 4) is 0 Å². The van der Waals surface area contributed by atoms with Crippen LogP contribution in [0.1, 0.15) is 5.56 Å². The van der Waals surface area contributed by atoms with Gasteiger partial charge in [-0.3, -0.25) is 4.79 Å². The average molecular weight is 373 g/mol. The number of pyridine rings is 2. The Hall–Kier alpha value is -3.41. The second-order valence-electron chi connectivity index (χ2n) is 6.77. The van der Waals surface area contributed by atoms with Crippen LogP contribution in [0.25, 0.3) is 0 Å². The number of nitrogens with zero attached hydrogens (tertiary/aromatic N) is 4. The number of benzene rings is 1. The van der Waals surface area contributed by atoms with Crippen molar-refractivity contribution >= 4 is 23.2 Å². The van der Waals surface area contributed by atoms with E-state index in [4.69, 9.17) is 0 Å². The van der Waals surface area contributed by atoms with Gasteiger partial charge in [-0.1, -0.05) is 36.4 Å². The number of rotatable bonds is 5. The third-order valence-corrected chi connectivity index (χ3v) is 4.84. The third kappa shape index (κ3) is 4.46. The maximum atomic E-state index is 12.2. The summed E-state index contributed by atoms with van der Waals surface area (Å²) < 4.78 is 0. The molecule has 3 heterocycles. The molecule has 0 spiro atoms. The van der Waals surface area contributed by atoms with Gasteiger partial charge in [0.15, 0.2) is 0 Å². The molecule has 1 amide bonds. The molecule has 142 valence electrons. The van der Waals surface area contributed by atoms with Crippen molar-refractivity contribution in [1.82, 2.24) is 9.97 Å². The summed E-state index contributed by atoms with van der Waals surface area (Å²) in [5, 5.41) is 2.86. The van der Waals surface area contributed by atoms with Gasteiger partial charge in [0, 0.05) is 32.4 Å². The van der Waals surface area contributed by atoms with E-state index in [9.17, 15) is 4.79 Å². The molecule has 0 aliphatic carbocycles. The van der Waals surface area contributed by atoms with E-state index in [0.717, 1.165) is 43.2 Å². The molecule has 4 rings (SSSR count). The Kier molecular flexibility index (Phi) is 5.47. The molecule has 1 aliphatic heterocycles. The Morgan fingerprint density at radius 3 is 2.29 bits per heavy atom. The molecule has 28 heavy (non-hydrogen) atoms. The zero-order valence-electron chi connectivity index (χ0n) is 15.7. The van der Waals surface area contributed by atoms with Crippen LogP contribution < -0.4 is 15.1 Å². The van der Waals surface area contributed by atoms with E-state index in [1.54, 1.807) is 0 Å². The number of anilines is 3. The van der Waals surface area contributed by atoms with Crippen molar-refractivity contribution in [3.63, 3.8) is 0 Å². The maximum Gasteiger partial charge on any atom is 0.229 e. The lowest BCUT2D eigenvalue weighted by molar-refractivity contribution is -0.115. The standard InChI is InChI=1S/C22H23N5O/c28-22(16-18-6-2-1-3-7-18)25-20-10-9-19(17-24-20)26-12-14-27(15-13-26)21-8-4-5-11-23-21/h1-11,17H,12-16H2,(H,24,25,28). The molecule has 1 N–H and O–H groups in total. The van der Waals surface area contributed by atoms with Gasteiger partial charge in [0.25, 0.3) is 0 Å². The first-order chi connectivity index (χ1) is 13.8. The van der Waals surface area contributed by atoms with Crippen LogP contribution in [0.5, 0.6) is 0 Å². The number of hydrogen-bond donors (Lipinski definition) is 1. The first-order valence-electron chi connectivity index (χ1n) is 9.49. The monoisotopic (exact) mass is 373 g/mol. The fraction of sp³-hybridized carbons (Fsp3) is 0.227. The first-order valence-corrected chi connectivity index (χ1v) is 9.49. The predicted octanol–water partition coefficient (Wildman–Crippen LogP) is 2.98. The molecule has 1 saturated heterocycles. The number of nitrogens with one attached hydrogen (secondary N) is 1. The lowest BCUT2D eigenvalue weighted by Crippen LogP contribution is -2.46. The van der Waals surface area contributed by atoms with Crippen molar-refractivity contribution in [2.45, 2.75) is 6.42 Å². The highest BCUT2D eigenvalue weighted by atomic mass is 16.1. The van der Waals surface area contributed by atoms with E-state index in [-0.39, 0.29) is 5.91 Å². The van der Waals surface area contributed by atoms with Crippen molar-refractivity contribution in [2.24, 2.45) is 0 Å². The number of hydrogen-bond acceptors (Lipinski definition) is 5. The second kappa shape index (κ2) is 8.52. The van der Waals surface area contributed by atoms with Gasteiger partial charge in [-0.05, 0) is 29.8 Å². The predicted molar refractivity (Wildman–Crippen MR) is 112 cm³/mol. The van der Waals surface area contributed by atoms with Gasteiger partial charge in [-0.2, -0.15) is 0 Å². The molecule has 0 radical (unpaired) electrons. The summed E-state index contributed by atoms with van der Waals surface area (Å²) >= 11 is 0. The van der Waals surface area contributed by atoms with Crippen LogP contribution in [-0.4, -0.2) is 42.1 Å². The Bertz CT molecular complexity index is 891. The van der Waals surface area contributed by atoms with E-state index in [1.807, 2.05) is 73.1 Å². The number of carbonyl (C=O) groups excluding carboxylic acids is 1. The molecule has 6 nitrogen and oxygen atoms in total. The first kappa shape index (κ1) is 18.0. The van der Waals surface area contributed by atoms with Crippen LogP contribution in [0.15, 0.2) is 73.1 Å². The highest BCUT2D eigenvalue weighted by molar-refractivity contribution is 5.91. The lowest BCUT2D eigenvalue weighted by atomic mass is 10.1. The van der Waals surface area contributed by atoms with Gasteiger partial charge in [-0.25, -0.2) is 9.97 Å². The van der Waals surface area contributed by atoms with Gasteiger partial charge in [-0.15, -0.1) is 0 Å². The smallest absolute Gasteiger partial charge is 0.229 e. The minimum absolute atomic E-state index is 0.0598. The Morgan fingerprint density at radius 2 is 1.61 bits per heavy atom. The SMILES string of the molecule is O=C(Cc1ccccc1)Nc1ccc(N2CCN(c3ccccn3)CC2)cn1. The molecule has 0 bridgehead atoms. The highest BCUT2D eigenvalue weighted by Gasteiger charge is 2.18. The van der Waals surface area contributed by atoms with Gasteiger partial charge in [0.05, 0.1) is 18.3 Å². The largest absolute Gasteiger partial charge is 0.367 e. The van der Waals surface area contributed by atoms with E-state index in [1.165, 1.54) is 0 Å². The summed E-state index contributed by atoms with van der Waals surface area (Å²) in [5.74, 6) is 1.55. The quantitative estimate of drug-likeness (QED) is 0.745. The van der Waals surface area contributed by atoms with Crippen molar-refractivity contribution in [2.75, 3.05) is 41.3 Å². The molecule has 0 unspecified atom stereocenters. The summed E-state index contributed by atoms with van der Waals surface area (Å²) in [6, 6.07) is 19.6. The maximum absolute atomic E-state index is 12.2. The molecular formula is C22H23N5O. The van der Waals surface area contributed by atoms with Crippen LogP contribution in [0.2, 0.25) is 0 Å². The van der Waals surface area contributed by atoms with Crippen LogP contribution in [0, 0.1) is 0 Å². The molecule has 3 aromatic rings. The van der Waals surface area contributed by atoms with E-state index in [0.29, 0.717) is 12.2 Å². The van der Waals surface area contributed by atoms with Crippen molar-refractivity contribution in [3.05, 3.63) is 78.6 Å². The van der Waals surface area contributed by atoms with Gasteiger partial charge in [0.1, 0.15) is 11.6 Å². The average Bonchev–Trinajstić information content (AvgIpc) is 2.76. The van der Waals surface area contributed by atoms with Crippen LogP contribution in [-0.2, 0) is 11.2 Å². The Balaban J connectivity index is 1.31. The molecular weight excluding hydrogens is 350 g/mol. The molecule has 0 atom stereocenters. The fourth-order valence-electron chi connectivity index (χ4n) is 3.35. The molecule has 2 aromatic heterocycles. The normalized spacial score (nSPS) is 14.0. The molecule has 0 saturated carbocycles. The van der Waals surface area contributed by atoms with E-state index < -0.39 is 0 Å². The Labute approximate surface area is 164 Å². The van der Waals surface area contributed by atoms with E-state index >= 15 is 0 Å². The van der Waals surface area contributed by atoms with Crippen LogP contribution >= 0.6 is 0 Å². The molecule has 1 aliphatic rings. The lowest BCUT2D eigenvalue weighted by Gasteiger charge is -2.36. The minimum atomic E-state index is -0.0598. The number of carbonyl (C=O) groups is 1. The zero-order chi connectivity index (χ0) is 19.2. The second-order valence-corrected chi connectivity index (χ2v) is 6.77. The number of amides is 1. The van der Waals surface area contributed by atoms with Gasteiger partial charge < -0.3 is 15.1 Å².